The molecular formula is C14H10ClN5O4S. The van der Waals surface area contributed by atoms with Gasteiger partial charge in [0, 0.05) is 11.1 Å². The largest absolute Gasteiger partial charge is 0.507 e. The number of H-pyrrole nitrogens is 1. The van der Waals surface area contributed by atoms with Crippen molar-refractivity contribution in [2.24, 2.45) is 0 Å². The van der Waals surface area contributed by atoms with Crippen LogP contribution in [0.4, 0.5) is 0 Å². The molecule has 0 fully saturated rings. The summed E-state index contributed by atoms with van der Waals surface area (Å²) in [6, 6.07) is 5.54. The molecule has 128 valence electrons. The molecule has 2 N–H and O–H groups in total. The average molecular weight is 380 g/mol. The Bertz CT molecular complexity index is 1040. The first-order valence-electron chi connectivity index (χ1n) is 6.74. The van der Waals surface area contributed by atoms with Gasteiger partial charge in [-0.05, 0) is 24.3 Å². The van der Waals surface area contributed by atoms with Gasteiger partial charge in [-0.3, -0.25) is 9.89 Å². The number of carbonyl (C=O) groups is 1. The fraction of sp³-hybridized carbons (Fsp3) is 0. The van der Waals surface area contributed by atoms with Crippen molar-refractivity contribution < 1.29 is 18.3 Å². The minimum Gasteiger partial charge on any atom is -0.507 e. The van der Waals surface area contributed by atoms with Gasteiger partial charge < -0.3 is 5.11 Å². The van der Waals surface area contributed by atoms with E-state index in [2.05, 4.69) is 20.3 Å². The predicted octanol–water partition coefficient (Wildman–Crippen LogP) is 1.67. The van der Waals surface area contributed by atoms with Crippen LogP contribution in [0.1, 0.15) is 16.2 Å². The second-order valence-corrected chi connectivity index (χ2v) is 7.02. The van der Waals surface area contributed by atoms with E-state index in [-0.39, 0.29) is 16.3 Å². The number of ketones is 1. The van der Waals surface area contributed by atoms with Gasteiger partial charge in [0.1, 0.15) is 12.1 Å². The number of allylic oxidation sites excluding steroid dienone is 1. The van der Waals surface area contributed by atoms with E-state index in [0.717, 1.165) is 24.8 Å². The van der Waals surface area contributed by atoms with Crippen molar-refractivity contribution in [3.63, 3.8) is 0 Å². The van der Waals surface area contributed by atoms with E-state index in [1.165, 1.54) is 24.3 Å². The molecule has 9 nitrogen and oxygen atoms in total. The first kappa shape index (κ1) is 16.9. The van der Waals surface area contributed by atoms with Gasteiger partial charge in [-0.1, -0.05) is 11.6 Å². The van der Waals surface area contributed by atoms with Crippen molar-refractivity contribution in [3.8, 4) is 0 Å². The summed E-state index contributed by atoms with van der Waals surface area (Å²) in [4.78, 5) is 15.5. The Labute approximate surface area is 146 Å². The second-order valence-electron chi connectivity index (χ2n) is 4.79. The molecular weight excluding hydrogens is 370 g/mol. The maximum atomic E-state index is 12.5. The highest BCUT2D eigenvalue weighted by Crippen LogP contribution is 2.18. The average Bonchev–Trinajstić information content (AvgIpc) is 3.27. The normalized spacial score (nSPS) is 12.3. The minimum absolute atomic E-state index is 0.0206. The SMILES string of the molecule is O=C(C=C(O)c1cnn(S(=O)(=O)c2ccc(Cl)cc2)c1)c1ncn[nH]1. The fourth-order valence-corrected chi connectivity index (χ4v) is 3.13. The molecule has 0 saturated heterocycles. The number of halogens is 1. The van der Waals surface area contributed by atoms with Gasteiger partial charge in [-0.25, -0.2) is 4.98 Å². The van der Waals surface area contributed by atoms with E-state index >= 15 is 0 Å². The third-order valence-electron chi connectivity index (χ3n) is 3.13. The number of aliphatic hydroxyl groups excluding tert-OH is 1. The molecule has 0 atom stereocenters. The van der Waals surface area contributed by atoms with Crippen molar-refractivity contribution in [1.82, 2.24) is 24.4 Å². The molecule has 0 amide bonds. The lowest BCUT2D eigenvalue weighted by molar-refractivity contribution is 0.103. The Morgan fingerprint density at radius 3 is 2.64 bits per heavy atom. The van der Waals surface area contributed by atoms with Crippen LogP contribution in [-0.2, 0) is 10.0 Å². The Hall–Kier alpha value is -2.98. The standard InChI is InChI=1S/C14H10ClN5O4S/c15-10-1-3-11(4-2-10)25(23,24)20-7-9(6-18-20)12(21)5-13(22)14-16-8-17-19-14/h1-8,21H,(H,16,17,19). The summed E-state index contributed by atoms with van der Waals surface area (Å²) in [5, 5.41) is 20.0. The summed E-state index contributed by atoms with van der Waals surface area (Å²) in [7, 11) is -3.94. The number of nitrogens with one attached hydrogen (secondary N) is 1. The van der Waals surface area contributed by atoms with Gasteiger partial charge >= 0.3 is 0 Å². The van der Waals surface area contributed by atoms with Crippen molar-refractivity contribution >= 4 is 33.2 Å². The summed E-state index contributed by atoms with van der Waals surface area (Å²) < 4.78 is 25.6. The van der Waals surface area contributed by atoms with Crippen molar-refractivity contribution in [1.29, 1.82) is 0 Å². The molecule has 2 aromatic heterocycles. The maximum Gasteiger partial charge on any atom is 0.282 e. The number of benzene rings is 1. The van der Waals surface area contributed by atoms with Crippen molar-refractivity contribution in [2.45, 2.75) is 4.90 Å². The van der Waals surface area contributed by atoms with Crippen LogP contribution < -0.4 is 0 Å². The molecule has 0 saturated carbocycles. The van der Waals surface area contributed by atoms with Crippen LogP contribution in [0.5, 0.6) is 0 Å². The number of hydrogen-bond donors (Lipinski definition) is 2. The van der Waals surface area contributed by atoms with Gasteiger partial charge in [0.05, 0.1) is 22.9 Å². The lowest BCUT2D eigenvalue weighted by Crippen LogP contribution is -2.13. The number of aliphatic hydroxyl groups is 1. The molecule has 2 heterocycles. The third-order valence-corrected chi connectivity index (χ3v) is 4.94. The maximum absolute atomic E-state index is 12.5. The Morgan fingerprint density at radius 1 is 1.28 bits per heavy atom. The molecule has 0 aliphatic rings. The lowest BCUT2D eigenvalue weighted by atomic mass is 10.2. The highest BCUT2D eigenvalue weighted by atomic mass is 35.5. The molecule has 3 rings (SSSR count). The van der Waals surface area contributed by atoms with Crippen LogP contribution in [-0.4, -0.2) is 43.7 Å². The summed E-state index contributed by atoms with van der Waals surface area (Å²) in [6.07, 6.45) is 4.24. The van der Waals surface area contributed by atoms with Gasteiger partial charge in [-0.2, -0.15) is 22.7 Å². The third kappa shape index (κ3) is 3.44. The van der Waals surface area contributed by atoms with Gasteiger partial charge in [0.2, 0.25) is 5.78 Å². The summed E-state index contributed by atoms with van der Waals surface area (Å²) >= 11 is 5.74. The zero-order chi connectivity index (χ0) is 18.0. The van der Waals surface area contributed by atoms with Crippen LogP contribution in [0, 0.1) is 0 Å². The highest BCUT2D eigenvalue weighted by molar-refractivity contribution is 7.89. The minimum atomic E-state index is -3.94. The molecule has 0 bridgehead atoms. The summed E-state index contributed by atoms with van der Waals surface area (Å²) in [6.45, 7) is 0. The molecule has 0 unspecified atom stereocenters. The van der Waals surface area contributed by atoms with E-state index in [1.54, 1.807) is 0 Å². The monoisotopic (exact) mass is 379 g/mol. The van der Waals surface area contributed by atoms with E-state index in [0.29, 0.717) is 9.11 Å². The molecule has 0 radical (unpaired) electrons. The number of aromatic nitrogens is 5. The number of rotatable bonds is 5. The van der Waals surface area contributed by atoms with Crippen LogP contribution in [0.3, 0.4) is 0 Å². The van der Waals surface area contributed by atoms with E-state index in [4.69, 9.17) is 11.6 Å². The molecule has 0 aliphatic carbocycles. The first-order valence-corrected chi connectivity index (χ1v) is 8.56. The Kier molecular flexibility index (Phi) is 4.38. The number of carbonyl (C=O) groups excluding carboxylic acids is 1. The quantitative estimate of drug-likeness (QED) is 0.391. The van der Waals surface area contributed by atoms with Crippen LogP contribution in [0.25, 0.3) is 5.76 Å². The predicted molar refractivity (Wildman–Crippen MR) is 87.6 cm³/mol. The molecule has 3 aromatic rings. The lowest BCUT2D eigenvalue weighted by Gasteiger charge is -2.03. The second kappa shape index (κ2) is 6.49. The molecule has 1 aromatic carbocycles. The van der Waals surface area contributed by atoms with Crippen LogP contribution >= 0.6 is 11.6 Å². The van der Waals surface area contributed by atoms with Crippen LogP contribution in [0.15, 0.2) is 54.0 Å². The number of hydrogen-bond acceptors (Lipinski definition) is 7. The Morgan fingerprint density at radius 2 is 2.00 bits per heavy atom. The van der Waals surface area contributed by atoms with E-state index in [9.17, 15) is 18.3 Å². The summed E-state index contributed by atoms with van der Waals surface area (Å²) in [5.41, 5.74) is 0.0467. The fourth-order valence-electron chi connectivity index (χ4n) is 1.88. The zero-order valence-corrected chi connectivity index (χ0v) is 13.9. The molecule has 11 heteroatoms. The molecule has 25 heavy (non-hydrogen) atoms. The first-order chi connectivity index (χ1) is 11.9. The van der Waals surface area contributed by atoms with E-state index < -0.39 is 21.6 Å². The topological polar surface area (TPSA) is 131 Å². The number of nitrogens with zero attached hydrogens (tertiary/aromatic N) is 4. The highest BCUT2D eigenvalue weighted by Gasteiger charge is 2.19. The van der Waals surface area contributed by atoms with Crippen molar-refractivity contribution in [3.05, 3.63) is 65.5 Å². The van der Waals surface area contributed by atoms with Crippen molar-refractivity contribution in [2.75, 3.05) is 0 Å². The molecule has 0 aliphatic heterocycles. The van der Waals surface area contributed by atoms with Gasteiger partial charge in [-0.15, -0.1) is 0 Å². The van der Waals surface area contributed by atoms with Gasteiger partial charge in [0.15, 0.2) is 5.82 Å². The van der Waals surface area contributed by atoms with E-state index in [1.807, 2.05) is 0 Å². The summed E-state index contributed by atoms with van der Waals surface area (Å²) in [5.74, 6) is -1.14. The van der Waals surface area contributed by atoms with Gasteiger partial charge in [0.25, 0.3) is 10.0 Å². The Balaban J connectivity index is 1.89. The number of aromatic amines is 1. The molecule has 0 spiro atoms. The van der Waals surface area contributed by atoms with Crippen LogP contribution in [0.2, 0.25) is 5.02 Å². The zero-order valence-electron chi connectivity index (χ0n) is 12.4. The smallest absolute Gasteiger partial charge is 0.282 e.